The zero-order valence-electron chi connectivity index (χ0n) is 16.3. The predicted molar refractivity (Wildman–Crippen MR) is 94.0 cm³/mol. The molecular weight excluding hydrogens is 327 g/mol. The van der Waals surface area contributed by atoms with E-state index < -0.39 is 12.8 Å². The quantitative estimate of drug-likeness (QED) is 0.847. The van der Waals surface area contributed by atoms with Crippen molar-refractivity contribution in [3.8, 4) is 5.88 Å². The molecular formula is C19H22ClFN2O. The zero-order valence-corrected chi connectivity index (χ0v) is 14.0. The van der Waals surface area contributed by atoms with Crippen molar-refractivity contribution in [2.75, 3.05) is 6.98 Å². The smallest absolute Gasteiger partial charge is 0.213 e. The van der Waals surface area contributed by atoms with Crippen LogP contribution in [0.15, 0.2) is 36.4 Å². The van der Waals surface area contributed by atoms with Gasteiger partial charge in [0.1, 0.15) is 12.4 Å². The second-order valence-corrected chi connectivity index (χ2v) is 6.55. The maximum atomic E-state index is 13.8. The Morgan fingerprint density at radius 1 is 1.29 bits per heavy atom. The SMILES string of the molecule is [2H]C([2H])([2H])NC1CCC(c2cccc(OCc3ccc(Cl)cc3F)n2)CC1. The lowest BCUT2D eigenvalue weighted by Gasteiger charge is -2.27. The van der Waals surface area contributed by atoms with Gasteiger partial charge in [0.05, 0.1) is 0 Å². The maximum absolute atomic E-state index is 13.8. The van der Waals surface area contributed by atoms with Crippen LogP contribution in [0.4, 0.5) is 4.39 Å². The second kappa shape index (κ2) is 7.95. The van der Waals surface area contributed by atoms with Crippen LogP contribution < -0.4 is 10.1 Å². The molecule has 1 aromatic carbocycles. The van der Waals surface area contributed by atoms with E-state index in [-0.39, 0.29) is 18.6 Å². The first-order valence-electron chi connectivity index (χ1n) is 9.61. The molecule has 0 radical (unpaired) electrons. The molecule has 2 aromatic rings. The van der Waals surface area contributed by atoms with E-state index in [4.69, 9.17) is 20.5 Å². The Balaban J connectivity index is 1.58. The van der Waals surface area contributed by atoms with Crippen LogP contribution in [0.2, 0.25) is 5.02 Å². The molecule has 1 N–H and O–H groups in total. The summed E-state index contributed by atoms with van der Waals surface area (Å²) in [6, 6.07) is 10.1. The lowest BCUT2D eigenvalue weighted by atomic mass is 9.84. The van der Waals surface area contributed by atoms with E-state index in [1.807, 2.05) is 12.1 Å². The molecule has 1 saturated carbocycles. The van der Waals surface area contributed by atoms with Crippen molar-refractivity contribution in [2.24, 2.45) is 0 Å². The number of aromatic nitrogens is 1. The normalized spacial score (nSPS) is 23.2. The fraction of sp³-hybridized carbons (Fsp3) is 0.421. The molecule has 0 unspecified atom stereocenters. The highest BCUT2D eigenvalue weighted by Crippen LogP contribution is 2.32. The monoisotopic (exact) mass is 351 g/mol. The van der Waals surface area contributed by atoms with Crippen molar-refractivity contribution in [1.82, 2.24) is 10.3 Å². The highest BCUT2D eigenvalue weighted by molar-refractivity contribution is 6.30. The molecule has 24 heavy (non-hydrogen) atoms. The van der Waals surface area contributed by atoms with E-state index in [1.165, 1.54) is 6.07 Å². The number of nitrogens with one attached hydrogen (secondary N) is 1. The fourth-order valence-electron chi connectivity index (χ4n) is 3.06. The van der Waals surface area contributed by atoms with E-state index in [0.29, 0.717) is 16.5 Å². The predicted octanol–water partition coefficient (Wildman–Crippen LogP) is 4.70. The molecule has 0 spiro atoms. The zero-order chi connectivity index (χ0) is 19.4. The van der Waals surface area contributed by atoms with E-state index in [9.17, 15) is 4.39 Å². The highest BCUT2D eigenvalue weighted by atomic mass is 35.5. The summed E-state index contributed by atoms with van der Waals surface area (Å²) < 4.78 is 41.4. The first-order valence-corrected chi connectivity index (χ1v) is 8.49. The summed E-state index contributed by atoms with van der Waals surface area (Å²) in [5, 5.41) is 3.05. The van der Waals surface area contributed by atoms with Gasteiger partial charge >= 0.3 is 0 Å². The average Bonchev–Trinajstić information content (AvgIpc) is 2.60. The molecule has 0 saturated heterocycles. The third kappa shape index (κ3) is 4.25. The van der Waals surface area contributed by atoms with Crippen LogP contribution in [0.25, 0.3) is 0 Å². The van der Waals surface area contributed by atoms with Crippen LogP contribution >= 0.6 is 11.6 Å². The largest absolute Gasteiger partial charge is 0.473 e. The molecule has 0 aliphatic heterocycles. The Morgan fingerprint density at radius 2 is 2.12 bits per heavy atom. The summed E-state index contributed by atoms with van der Waals surface area (Å²) in [6.07, 6.45) is 3.34. The molecule has 1 aliphatic rings. The minimum Gasteiger partial charge on any atom is -0.473 e. The van der Waals surface area contributed by atoms with E-state index >= 15 is 0 Å². The number of ether oxygens (including phenoxy) is 1. The van der Waals surface area contributed by atoms with Crippen molar-refractivity contribution in [2.45, 2.75) is 44.2 Å². The van der Waals surface area contributed by atoms with Crippen LogP contribution in [-0.2, 0) is 6.61 Å². The van der Waals surface area contributed by atoms with Gasteiger partial charge in [0.2, 0.25) is 5.88 Å². The van der Waals surface area contributed by atoms with Gasteiger partial charge in [0.25, 0.3) is 0 Å². The van der Waals surface area contributed by atoms with Crippen LogP contribution in [0.3, 0.4) is 0 Å². The highest BCUT2D eigenvalue weighted by Gasteiger charge is 2.22. The summed E-state index contributed by atoms with van der Waals surface area (Å²) in [7, 11) is 0. The Labute approximate surface area is 151 Å². The van der Waals surface area contributed by atoms with Crippen molar-refractivity contribution in [1.29, 1.82) is 0 Å². The second-order valence-electron chi connectivity index (χ2n) is 6.12. The van der Waals surface area contributed by atoms with Gasteiger partial charge in [0.15, 0.2) is 0 Å². The first-order chi connectivity index (χ1) is 12.8. The lowest BCUT2D eigenvalue weighted by molar-refractivity contribution is 0.284. The third-order valence-corrected chi connectivity index (χ3v) is 4.72. The molecule has 1 fully saturated rings. The Kier molecular flexibility index (Phi) is 4.51. The van der Waals surface area contributed by atoms with Crippen molar-refractivity contribution < 1.29 is 13.2 Å². The molecule has 0 atom stereocenters. The van der Waals surface area contributed by atoms with Gasteiger partial charge in [-0.3, -0.25) is 0 Å². The van der Waals surface area contributed by atoms with Gasteiger partial charge in [-0.05, 0) is 50.9 Å². The van der Waals surface area contributed by atoms with Gasteiger partial charge in [0, 0.05) is 38.4 Å². The Bertz CT molecular complexity index is 780. The lowest BCUT2D eigenvalue weighted by Crippen LogP contribution is -2.29. The molecule has 0 bridgehead atoms. The summed E-state index contributed by atoms with van der Waals surface area (Å²) in [5.41, 5.74) is 1.35. The molecule has 3 nitrogen and oxygen atoms in total. The topological polar surface area (TPSA) is 34.1 Å². The summed E-state index contributed by atoms with van der Waals surface area (Å²) in [5.74, 6) is 0.318. The Hall–Kier alpha value is -1.65. The van der Waals surface area contributed by atoms with Gasteiger partial charge < -0.3 is 10.1 Å². The molecule has 1 heterocycles. The number of hydrogen-bond donors (Lipinski definition) is 1. The number of halogens is 2. The average molecular weight is 352 g/mol. The Morgan fingerprint density at radius 3 is 2.88 bits per heavy atom. The molecule has 5 heteroatoms. The van der Waals surface area contributed by atoms with Gasteiger partial charge in [-0.25, -0.2) is 9.37 Å². The summed E-state index contributed by atoms with van der Waals surface area (Å²) in [4.78, 5) is 4.56. The van der Waals surface area contributed by atoms with Gasteiger partial charge in [-0.2, -0.15) is 0 Å². The minimum absolute atomic E-state index is 0.0149. The summed E-state index contributed by atoms with van der Waals surface area (Å²) in [6.45, 7) is -2.02. The van der Waals surface area contributed by atoms with Crippen LogP contribution in [0.1, 0.15) is 47.0 Å². The summed E-state index contributed by atoms with van der Waals surface area (Å²) >= 11 is 5.76. The fourth-order valence-corrected chi connectivity index (χ4v) is 3.22. The van der Waals surface area contributed by atoms with E-state index in [0.717, 1.165) is 31.4 Å². The van der Waals surface area contributed by atoms with Crippen LogP contribution in [-0.4, -0.2) is 18.0 Å². The number of benzene rings is 1. The number of pyridine rings is 1. The first kappa shape index (κ1) is 13.6. The molecule has 1 aliphatic carbocycles. The standard InChI is InChI=1S/C19H22ClFN2O/c1-22-16-9-6-13(7-10-16)18-3-2-4-19(23-18)24-12-14-5-8-15(20)11-17(14)21/h2-5,8,11,13,16,22H,6-7,9-10,12H2,1H3/i1D3. The van der Waals surface area contributed by atoms with Gasteiger partial charge in [-0.1, -0.05) is 23.7 Å². The van der Waals surface area contributed by atoms with Gasteiger partial charge in [-0.15, -0.1) is 0 Å². The van der Waals surface area contributed by atoms with Crippen LogP contribution in [0.5, 0.6) is 5.88 Å². The van der Waals surface area contributed by atoms with Crippen molar-refractivity contribution >= 4 is 11.6 Å². The van der Waals surface area contributed by atoms with E-state index in [1.54, 1.807) is 18.2 Å². The van der Waals surface area contributed by atoms with Crippen molar-refractivity contribution in [3.05, 3.63) is 58.5 Å². The third-order valence-electron chi connectivity index (χ3n) is 4.49. The maximum Gasteiger partial charge on any atom is 0.213 e. The molecule has 0 amide bonds. The number of hydrogen-bond acceptors (Lipinski definition) is 3. The minimum atomic E-state index is -2.10. The number of nitrogens with zero attached hydrogens (tertiary/aromatic N) is 1. The molecule has 3 rings (SSSR count). The van der Waals surface area contributed by atoms with Crippen LogP contribution in [0, 0.1) is 5.82 Å². The van der Waals surface area contributed by atoms with E-state index in [2.05, 4.69) is 10.3 Å². The molecule has 128 valence electrons. The number of rotatable bonds is 5. The molecule has 1 aromatic heterocycles. The van der Waals surface area contributed by atoms with Crippen molar-refractivity contribution in [3.63, 3.8) is 0 Å².